The van der Waals surface area contributed by atoms with Crippen LogP contribution in [0.4, 0.5) is 0 Å². The molecule has 1 heterocycles. The molecule has 114 valence electrons. The zero-order valence-electron chi connectivity index (χ0n) is 12.6. The fourth-order valence-corrected chi connectivity index (χ4v) is 3.33. The minimum Gasteiger partial charge on any atom is -0.386 e. The lowest BCUT2D eigenvalue weighted by atomic mass is 9.73. The van der Waals surface area contributed by atoms with Crippen molar-refractivity contribution >= 4 is 0 Å². The number of piperidine rings is 1. The summed E-state index contributed by atoms with van der Waals surface area (Å²) in [5.41, 5.74) is 2.58. The van der Waals surface area contributed by atoms with Crippen LogP contribution in [-0.2, 0) is 0 Å². The Balaban J connectivity index is 2.10. The Hall–Kier alpha value is -2.10. The number of aliphatic hydroxyl groups is 2. The fraction of sp³-hybridized carbons (Fsp3) is 0.263. The van der Waals surface area contributed by atoms with Crippen molar-refractivity contribution in [2.24, 2.45) is 0 Å². The van der Waals surface area contributed by atoms with Gasteiger partial charge in [-0.3, -0.25) is 0 Å². The van der Waals surface area contributed by atoms with Crippen LogP contribution >= 0.6 is 0 Å². The average molecular weight is 295 g/mol. The Bertz CT molecular complexity index is 641. The molecule has 3 heteroatoms. The zero-order valence-corrected chi connectivity index (χ0v) is 12.6. The van der Waals surface area contributed by atoms with Crippen molar-refractivity contribution in [2.45, 2.75) is 24.2 Å². The number of hydrogen-bond donors (Lipinski definition) is 2. The van der Waals surface area contributed by atoms with E-state index in [4.69, 9.17) is 0 Å². The molecule has 0 amide bonds. The Morgan fingerprint density at radius 2 is 1.27 bits per heavy atom. The second-order valence-electron chi connectivity index (χ2n) is 5.83. The normalized spacial score (nSPS) is 28.7. The second kappa shape index (κ2) is 5.95. The minimum atomic E-state index is -0.721. The Labute approximate surface area is 131 Å². The highest BCUT2D eigenvalue weighted by Crippen LogP contribution is 2.45. The van der Waals surface area contributed by atoms with Gasteiger partial charge in [0.15, 0.2) is 0 Å². The van der Waals surface area contributed by atoms with Gasteiger partial charge >= 0.3 is 0 Å². The van der Waals surface area contributed by atoms with E-state index in [1.165, 1.54) is 0 Å². The van der Waals surface area contributed by atoms with Crippen molar-refractivity contribution in [3.05, 3.63) is 84.1 Å². The van der Waals surface area contributed by atoms with Gasteiger partial charge in [-0.05, 0) is 11.1 Å². The summed E-state index contributed by atoms with van der Waals surface area (Å²) in [5, 5.41) is 21.5. The summed E-state index contributed by atoms with van der Waals surface area (Å²) >= 11 is 0. The SMILES string of the molecule is C=C1C(O)C(c2ccccc2)C(c2ccccc2)C(O)N1C. The van der Waals surface area contributed by atoms with Crippen molar-refractivity contribution in [3.8, 4) is 0 Å². The number of hydrogen-bond acceptors (Lipinski definition) is 3. The van der Waals surface area contributed by atoms with Crippen molar-refractivity contribution < 1.29 is 10.2 Å². The molecule has 0 radical (unpaired) electrons. The molecular weight excluding hydrogens is 274 g/mol. The molecule has 0 aliphatic carbocycles. The molecule has 4 unspecified atom stereocenters. The summed E-state index contributed by atoms with van der Waals surface area (Å²) in [7, 11) is 1.77. The molecule has 0 aromatic heterocycles. The first-order valence-electron chi connectivity index (χ1n) is 7.49. The van der Waals surface area contributed by atoms with Crippen LogP contribution in [0.5, 0.6) is 0 Å². The monoisotopic (exact) mass is 295 g/mol. The summed E-state index contributed by atoms with van der Waals surface area (Å²) in [6, 6.07) is 19.7. The van der Waals surface area contributed by atoms with Gasteiger partial charge in [0.2, 0.25) is 0 Å². The molecule has 2 aromatic carbocycles. The van der Waals surface area contributed by atoms with Gasteiger partial charge in [-0.25, -0.2) is 0 Å². The standard InChI is InChI=1S/C19H21NO2/c1-13-18(21)16(14-9-5-3-6-10-14)17(19(22)20(13)2)15-11-7-4-8-12-15/h3-12,16-19,21-22H,1H2,2H3. The molecule has 2 aromatic rings. The van der Waals surface area contributed by atoms with Crippen molar-refractivity contribution in [1.29, 1.82) is 0 Å². The number of rotatable bonds is 2. The highest BCUT2D eigenvalue weighted by atomic mass is 16.3. The van der Waals surface area contributed by atoms with E-state index in [0.29, 0.717) is 5.70 Å². The minimum absolute atomic E-state index is 0.214. The van der Waals surface area contributed by atoms with E-state index in [1.54, 1.807) is 11.9 Å². The molecule has 0 spiro atoms. The molecule has 3 rings (SSSR count). The maximum Gasteiger partial charge on any atom is 0.134 e. The summed E-state index contributed by atoms with van der Waals surface area (Å²) in [5.74, 6) is -0.434. The molecule has 0 bridgehead atoms. The highest BCUT2D eigenvalue weighted by molar-refractivity contribution is 5.35. The number of benzene rings is 2. The van der Waals surface area contributed by atoms with Gasteiger partial charge < -0.3 is 15.1 Å². The van der Waals surface area contributed by atoms with Crippen LogP contribution in [0.1, 0.15) is 23.0 Å². The van der Waals surface area contributed by atoms with E-state index >= 15 is 0 Å². The summed E-state index contributed by atoms with van der Waals surface area (Å²) in [4.78, 5) is 1.67. The molecule has 2 N–H and O–H groups in total. The predicted molar refractivity (Wildman–Crippen MR) is 87.3 cm³/mol. The summed E-state index contributed by atoms with van der Waals surface area (Å²) < 4.78 is 0. The molecule has 1 fully saturated rings. The Morgan fingerprint density at radius 1 is 0.818 bits per heavy atom. The lowest BCUT2D eigenvalue weighted by Crippen LogP contribution is -2.49. The predicted octanol–water partition coefficient (Wildman–Crippen LogP) is 2.69. The van der Waals surface area contributed by atoms with Crippen molar-refractivity contribution in [2.75, 3.05) is 7.05 Å². The fourth-order valence-electron chi connectivity index (χ4n) is 3.33. The van der Waals surface area contributed by atoms with Gasteiger partial charge in [-0.15, -0.1) is 0 Å². The van der Waals surface area contributed by atoms with E-state index < -0.39 is 12.3 Å². The molecule has 4 atom stereocenters. The molecule has 1 saturated heterocycles. The van der Waals surface area contributed by atoms with Gasteiger partial charge in [0.1, 0.15) is 12.3 Å². The smallest absolute Gasteiger partial charge is 0.134 e. The summed E-state index contributed by atoms with van der Waals surface area (Å²) in [6.07, 6.45) is -1.44. The third-order valence-electron chi connectivity index (χ3n) is 4.61. The Kier molecular flexibility index (Phi) is 4.01. The third kappa shape index (κ3) is 2.43. The van der Waals surface area contributed by atoms with Crippen LogP contribution in [-0.4, -0.2) is 34.5 Å². The van der Waals surface area contributed by atoms with Gasteiger partial charge in [0.05, 0.1) is 0 Å². The maximum atomic E-state index is 10.8. The molecular formula is C19H21NO2. The number of nitrogens with zero attached hydrogens (tertiary/aromatic N) is 1. The van der Waals surface area contributed by atoms with Crippen LogP contribution in [0, 0.1) is 0 Å². The first kappa shape index (κ1) is 14.8. The lowest BCUT2D eigenvalue weighted by molar-refractivity contribution is -0.0476. The largest absolute Gasteiger partial charge is 0.386 e. The number of likely N-dealkylation sites (tertiary alicyclic amines) is 1. The van der Waals surface area contributed by atoms with Crippen LogP contribution < -0.4 is 0 Å². The van der Waals surface area contributed by atoms with Crippen LogP contribution in [0.25, 0.3) is 0 Å². The van der Waals surface area contributed by atoms with Gasteiger partial charge in [-0.1, -0.05) is 67.2 Å². The maximum absolute atomic E-state index is 10.8. The lowest BCUT2D eigenvalue weighted by Gasteiger charge is -2.46. The van der Waals surface area contributed by atoms with E-state index in [0.717, 1.165) is 11.1 Å². The molecule has 1 aliphatic heterocycles. The topological polar surface area (TPSA) is 43.7 Å². The Morgan fingerprint density at radius 3 is 1.77 bits per heavy atom. The highest BCUT2D eigenvalue weighted by Gasteiger charge is 2.44. The van der Waals surface area contributed by atoms with Gasteiger partial charge in [0, 0.05) is 24.6 Å². The van der Waals surface area contributed by atoms with E-state index in [9.17, 15) is 10.2 Å². The average Bonchev–Trinajstić information content (AvgIpc) is 2.57. The van der Waals surface area contributed by atoms with Crippen LogP contribution in [0.2, 0.25) is 0 Å². The number of aliphatic hydroxyl groups excluding tert-OH is 2. The molecule has 1 aliphatic rings. The van der Waals surface area contributed by atoms with E-state index in [1.807, 2.05) is 60.7 Å². The third-order valence-corrected chi connectivity index (χ3v) is 4.61. The quantitative estimate of drug-likeness (QED) is 0.895. The van der Waals surface area contributed by atoms with Gasteiger partial charge in [-0.2, -0.15) is 0 Å². The summed E-state index contributed by atoms with van der Waals surface area (Å²) in [6.45, 7) is 3.95. The molecule has 0 saturated carbocycles. The van der Waals surface area contributed by atoms with Crippen LogP contribution in [0.15, 0.2) is 72.9 Å². The second-order valence-corrected chi connectivity index (χ2v) is 5.83. The van der Waals surface area contributed by atoms with Gasteiger partial charge in [0.25, 0.3) is 0 Å². The first-order valence-corrected chi connectivity index (χ1v) is 7.49. The van der Waals surface area contributed by atoms with E-state index in [2.05, 4.69) is 6.58 Å². The molecule has 3 nitrogen and oxygen atoms in total. The molecule has 22 heavy (non-hydrogen) atoms. The number of likely N-dealkylation sites (N-methyl/N-ethyl adjacent to an activating group) is 1. The van der Waals surface area contributed by atoms with Crippen molar-refractivity contribution in [3.63, 3.8) is 0 Å². The van der Waals surface area contributed by atoms with Crippen LogP contribution in [0.3, 0.4) is 0 Å². The zero-order chi connectivity index (χ0) is 15.7. The first-order chi connectivity index (χ1) is 10.6. The van der Waals surface area contributed by atoms with E-state index in [-0.39, 0.29) is 11.8 Å². The van der Waals surface area contributed by atoms with Crippen molar-refractivity contribution in [1.82, 2.24) is 4.90 Å².